The third-order valence-corrected chi connectivity index (χ3v) is 4.98. The van der Waals surface area contributed by atoms with Crippen LogP contribution >= 0.6 is 12.6 Å². The van der Waals surface area contributed by atoms with E-state index >= 15 is 0 Å². The molecular weight excluding hydrogens is 216 g/mol. The van der Waals surface area contributed by atoms with E-state index in [4.69, 9.17) is 0 Å². The molecule has 0 spiro atoms. The normalized spacial score (nSPS) is 33.0. The van der Waals surface area contributed by atoms with Gasteiger partial charge in [-0.2, -0.15) is 12.6 Å². The maximum Gasteiger partial charge on any atom is 0.0224 e. The summed E-state index contributed by atoms with van der Waals surface area (Å²) in [6, 6.07) is 1.56. The molecule has 0 N–H and O–H groups in total. The molecule has 2 nitrogen and oxygen atoms in total. The van der Waals surface area contributed by atoms with E-state index in [9.17, 15) is 0 Å². The van der Waals surface area contributed by atoms with Gasteiger partial charge in [-0.1, -0.05) is 13.8 Å². The Labute approximate surface area is 106 Å². The zero-order valence-corrected chi connectivity index (χ0v) is 11.8. The van der Waals surface area contributed by atoms with Crippen molar-refractivity contribution in [1.82, 2.24) is 9.80 Å². The molecule has 2 heterocycles. The molecule has 2 fully saturated rings. The standard InChI is InChI=1S/C13H26N2S/c1-11-7-14-6-4-5-12(14)8-15(11)9-13(2,3)10-16/h11-12,16H,4-10H2,1-3H3. The van der Waals surface area contributed by atoms with Gasteiger partial charge in [0.1, 0.15) is 0 Å². The molecule has 2 aliphatic rings. The third kappa shape index (κ3) is 2.74. The molecule has 3 heteroatoms. The van der Waals surface area contributed by atoms with Crippen molar-refractivity contribution in [2.24, 2.45) is 5.41 Å². The van der Waals surface area contributed by atoms with Crippen molar-refractivity contribution >= 4 is 12.6 Å². The van der Waals surface area contributed by atoms with Crippen LogP contribution in [0.25, 0.3) is 0 Å². The van der Waals surface area contributed by atoms with E-state index in [2.05, 4.69) is 43.2 Å². The van der Waals surface area contributed by atoms with Gasteiger partial charge < -0.3 is 0 Å². The fraction of sp³-hybridized carbons (Fsp3) is 1.00. The number of piperazine rings is 1. The average molecular weight is 242 g/mol. The van der Waals surface area contributed by atoms with Crippen LogP contribution < -0.4 is 0 Å². The van der Waals surface area contributed by atoms with Gasteiger partial charge >= 0.3 is 0 Å². The summed E-state index contributed by atoms with van der Waals surface area (Å²) in [6.45, 7) is 12.1. The zero-order chi connectivity index (χ0) is 11.8. The van der Waals surface area contributed by atoms with E-state index in [0.29, 0.717) is 11.5 Å². The summed E-state index contributed by atoms with van der Waals surface area (Å²) in [5.74, 6) is 0.977. The first-order valence-electron chi connectivity index (χ1n) is 6.61. The monoisotopic (exact) mass is 242 g/mol. The molecule has 0 radical (unpaired) electrons. The molecule has 0 aromatic rings. The topological polar surface area (TPSA) is 6.48 Å². The lowest BCUT2D eigenvalue weighted by Crippen LogP contribution is -2.56. The fourth-order valence-corrected chi connectivity index (χ4v) is 3.17. The predicted octanol–water partition coefficient (Wildman–Crippen LogP) is 2.11. The highest BCUT2D eigenvalue weighted by molar-refractivity contribution is 7.80. The first-order chi connectivity index (χ1) is 7.52. The lowest BCUT2D eigenvalue weighted by molar-refractivity contribution is 0.0381. The molecule has 0 aromatic heterocycles. The van der Waals surface area contributed by atoms with Gasteiger partial charge in [0.15, 0.2) is 0 Å². The summed E-state index contributed by atoms with van der Waals surface area (Å²) in [7, 11) is 0. The Bertz CT molecular complexity index is 242. The SMILES string of the molecule is CC1CN2CCCC2CN1CC(C)(C)CS. The van der Waals surface area contributed by atoms with Gasteiger partial charge in [0, 0.05) is 31.7 Å². The van der Waals surface area contributed by atoms with Crippen LogP contribution in [-0.4, -0.2) is 53.8 Å². The lowest BCUT2D eigenvalue weighted by Gasteiger charge is -2.45. The number of hydrogen-bond acceptors (Lipinski definition) is 3. The Hall–Kier alpha value is 0.270. The predicted molar refractivity (Wildman–Crippen MR) is 73.3 cm³/mol. The van der Waals surface area contributed by atoms with Crippen LogP contribution in [0.15, 0.2) is 0 Å². The van der Waals surface area contributed by atoms with Gasteiger partial charge in [0.2, 0.25) is 0 Å². The first kappa shape index (κ1) is 12.7. The maximum absolute atomic E-state index is 4.47. The van der Waals surface area contributed by atoms with Crippen LogP contribution in [0.3, 0.4) is 0 Å². The summed E-state index contributed by atoms with van der Waals surface area (Å²) in [5, 5.41) is 0. The summed E-state index contributed by atoms with van der Waals surface area (Å²) in [6.07, 6.45) is 2.81. The van der Waals surface area contributed by atoms with Crippen molar-refractivity contribution in [3.8, 4) is 0 Å². The molecule has 2 rings (SSSR count). The quantitative estimate of drug-likeness (QED) is 0.757. The summed E-state index contributed by atoms with van der Waals surface area (Å²) < 4.78 is 0. The molecule has 94 valence electrons. The van der Waals surface area contributed by atoms with Crippen LogP contribution in [0.2, 0.25) is 0 Å². The molecule has 0 aliphatic carbocycles. The molecule has 0 amide bonds. The van der Waals surface area contributed by atoms with Crippen molar-refractivity contribution in [1.29, 1.82) is 0 Å². The van der Waals surface area contributed by atoms with E-state index in [-0.39, 0.29) is 0 Å². The second-order valence-corrected chi connectivity index (χ2v) is 6.71. The van der Waals surface area contributed by atoms with Gasteiger partial charge in [-0.25, -0.2) is 0 Å². The highest BCUT2D eigenvalue weighted by Gasteiger charge is 2.35. The van der Waals surface area contributed by atoms with E-state index in [1.54, 1.807) is 0 Å². The van der Waals surface area contributed by atoms with Crippen molar-refractivity contribution in [3.63, 3.8) is 0 Å². The van der Waals surface area contributed by atoms with Gasteiger partial charge in [-0.15, -0.1) is 0 Å². The van der Waals surface area contributed by atoms with E-state index < -0.39 is 0 Å². The van der Waals surface area contributed by atoms with Crippen LogP contribution in [0, 0.1) is 5.41 Å². The third-order valence-electron chi connectivity index (χ3n) is 4.13. The minimum Gasteiger partial charge on any atom is -0.298 e. The number of rotatable bonds is 3. The van der Waals surface area contributed by atoms with E-state index in [1.807, 2.05) is 0 Å². The molecule has 0 saturated carbocycles. The van der Waals surface area contributed by atoms with Crippen LogP contribution in [0.4, 0.5) is 0 Å². The molecule has 0 aromatic carbocycles. The largest absolute Gasteiger partial charge is 0.298 e. The number of fused-ring (bicyclic) bond motifs is 1. The second-order valence-electron chi connectivity index (χ2n) is 6.39. The van der Waals surface area contributed by atoms with Gasteiger partial charge in [0.25, 0.3) is 0 Å². The molecule has 2 unspecified atom stereocenters. The highest BCUT2D eigenvalue weighted by atomic mass is 32.1. The number of nitrogens with zero attached hydrogens (tertiary/aromatic N) is 2. The van der Waals surface area contributed by atoms with E-state index in [0.717, 1.165) is 11.8 Å². The van der Waals surface area contributed by atoms with Crippen LogP contribution in [0.1, 0.15) is 33.6 Å². The van der Waals surface area contributed by atoms with Crippen LogP contribution in [-0.2, 0) is 0 Å². The number of thiol groups is 1. The Kier molecular flexibility index (Phi) is 3.87. The molecule has 2 saturated heterocycles. The Morgan fingerprint density at radius 2 is 2.06 bits per heavy atom. The molecule has 16 heavy (non-hydrogen) atoms. The minimum absolute atomic E-state index is 0.345. The molecule has 2 aliphatic heterocycles. The second kappa shape index (κ2) is 4.87. The Balaban J connectivity index is 1.94. The molecular formula is C13H26N2S. The van der Waals surface area contributed by atoms with E-state index in [1.165, 1.54) is 39.0 Å². The van der Waals surface area contributed by atoms with Gasteiger partial charge in [-0.05, 0) is 37.5 Å². The molecule has 0 bridgehead atoms. The van der Waals surface area contributed by atoms with Crippen molar-refractivity contribution in [3.05, 3.63) is 0 Å². The molecule has 2 atom stereocenters. The van der Waals surface area contributed by atoms with Gasteiger partial charge in [0.05, 0.1) is 0 Å². The first-order valence-corrected chi connectivity index (χ1v) is 7.24. The summed E-state index contributed by atoms with van der Waals surface area (Å²) in [5.41, 5.74) is 0.345. The number of hydrogen-bond donors (Lipinski definition) is 1. The fourth-order valence-electron chi connectivity index (χ4n) is 3.07. The van der Waals surface area contributed by atoms with Crippen LogP contribution in [0.5, 0.6) is 0 Å². The minimum atomic E-state index is 0.345. The average Bonchev–Trinajstić information content (AvgIpc) is 2.65. The summed E-state index contributed by atoms with van der Waals surface area (Å²) >= 11 is 4.47. The Morgan fingerprint density at radius 1 is 1.31 bits per heavy atom. The smallest absolute Gasteiger partial charge is 0.0224 e. The van der Waals surface area contributed by atoms with Gasteiger partial charge in [-0.3, -0.25) is 9.80 Å². The highest BCUT2D eigenvalue weighted by Crippen LogP contribution is 2.27. The lowest BCUT2D eigenvalue weighted by atomic mass is 9.93. The zero-order valence-electron chi connectivity index (χ0n) is 10.9. The van der Waals surface area contributed by atoms with Crippen molar-refractivity contribution in [2.75, 3.05) is 31.9 Å². The summed E-state index contributed by atoms with van der Waals surface area (Å²) in [4.78, 5) is 5.37. The van der Waals surface area contributed by atoms with Crippen molar-refractivity contribution < 1.29 is 0 Å². The maximum atomic E-state index is 4.47. The Morgan fingerprint density at radius 3 is 2.75 bits per heavy atom. The van der Waals surface area contributed by atoms with Crippen molar-refractivity contribution in [2.45, 2.75) is 45.7 Å².